The van der Waals surface area contributed by atoms with Crippen molar-refractivity contribution in [1.82, 2.24) is 16.0 Å². The summed E-state index contributed by atoms with van der Waals surface area (Å²) < 4.78 is 49.0. The number of ketones is 2. The van der Waals surface area contributed by atoms with Gasteiger partial charge in [-0.15, -0.1) is 0 Å². The molecule has 6 rings (SSSR count). The van der Waals surface area contributed by atoms with Crippen LogP contribution in [0.5, 0.6) is 23.0 Å². The van der Waals surface area contributed by atoms with Gasteiger partial charge in [0.05, 0.1) is 10.8 Å². The lowest BCUT2D eigenvalue weighted by atomic mass is 10.0. The van der Waals surface area contributed by atoms with Crippen LogP contribution in [0.1, 0.15) is 111 Å². The van der Waals surface area contributed by atoms with E-state index >= 15 is 0 Å². The van der Waals surface area contributed by atoms with E-state index in [0.29, 0.717) is 26.9 Å². The summed E-state index contributed by atoms with van der Waals surface area (Å²) in [5.74, 6) is -3.50. The van der Waals surface area contributed by atoms with Crippen LogP contribution in [0.4, 0.5) is 14.4 Å². The van der Waals surface area contributed by atoms with Crippen LogP contribution in [-0.4, -0.2) is 90.2 Å². The van der Waals surface area contributed by atoms with Gasteiger partial charge < -0.3 is 57.9 Å². The van der Waals surface area contributed by atoms with E-state index in [0.717, 1.165) is 0 Å². The van der Waals surface area contributed by atoms with Crippen molar-refractivity contribution in [2.24, 2.45) is 0 Å². The number of rotatable bonds is 13. The molecule has 388 valence electrons. The number of furan rings is 2. The molecule has 0 unspecified atom stereocenters. The first-order chi connectivity index (χ1) is 34.0. The Morgan fingerprint density at radius 3 is 1.10 bits per heavy atom. The fourth-order valence-corrected chi connectivity index (χ4v) is 6.63. The number of ether oxygens (including phenoxy) is 7. The number of Topliss-reactive ketones (excluding diaryl/α,β-unsaturated/α-hetero) is 2. The molecule has 0 aliphatic carbocycles. The van der Waals surface area contributed by atoms with Crippen molar-refractivity contribution in [1.29, 1.82) is 0 Å². The van der Waals surface area contributed by atoms with Crippen molar-refractivity contribution < 1.29 is 85.1 Å². The number of alkyl carbamates (subject to hydrolysis) is 3. The molecule has 0 spiro atoms. The monoisotopic (exact) mass is 1010 g/mol. The minimum Gasteiger partial charge on any atom is -0.449 e. The molecule has 2 heterocycles. The van der Waals surface area contributed by atoms with E-state index < -0.39 is 78.6 Å². The highest BCUT2D eigenvalue weighted by molar-refractivity contribution is 6.14. The molecular weight excluding hydrogens is 955 g/mol. The lowest BCUT2D eigenvalue weighted by Gasteiger charge is -2.19. The van der Waals surface area contributed by atoms with Gasteiger partial charge in [0.15, 0.2) is 45.8 Å². The van der Waals surface area contributed by atoms with E-state index in [4.69, 9.17) is 42.0 Å². The SMILES string of the molecule is CC(=O)Oc1c2ccccc2c(OC(=O)CNC(=O)OC(C)(C)C)c2oc(C(C)=O)cc12.CCC(=O)c1cc2c(OC(=O)CNC(=O)OC(C)(C)C)c3ccccc3c(OC(=O)CNC(=O)OC(C)(C)C)c2o1. The normalized spacial score (nSPS) is 11.5. The summed E-state index contributed by atoms with van der Waals surface area (Å²) in [6.45, 7) is 17.9. The van der Waals surface area contributed by atoms with E-state index in [2.05, 4.69) is 16.0 Å². The van der Waals surface area contributed by atoms with Crippen LogP contribution in [0.25, 0.3) is 43.5 Å². The van der Waals surface area contributed by atoms with Gasteiger partial charge in [-0.3, -0.25) is 14.4 Å². The molecule has 0 aliphatic heterocycles. The number of esters is 4. The number of hydrogen-bond acceptors (Lipinski definition) is 18. The zero-order valence-electron chi connectivity index (χ0n) is 42.5. The van der Waals surface area contributed by atoms with E-state index in [1.807, 2.05) is 0 Å². The zero-order valence-corrected chi connectivity index (χ0v) is 42.5. The zero-order chi connectivity index (χ0) is 54.2. The smallest absolute Gasteiger partial charge is 0.408 e. The van der Waals surface area contributed by atoms with Crippen LogP contribution >= 0.6 is 0 Å². The third-order valence-corrected chi connectivity index (χ3v) is 9.36. The summed E-state index contributed by atoms with van der Waals surface area (Å²) in [4.78, 5) is 110. The maximum Gasteiger partial charge on any atom is 0.408 e. The Bertz CT molecular complexity index is 3040. The number of benzene rings is 4. The molecule has 21 nitrogen and oxygen atoms in total. The summed E-state index contributed by atoms with van der Waals surface area (Å²) in [6.07, 6.45) is -2.25. The Kier molecular flexibility index (Phi) is 17.3. The first-order valence-electron chi connectivity index (χ1n) is 22.8. The van der Waals surface area contributed by atoms with Gasteiger partial charge in [0.1, 0.15) is 47.9 Å². The van der Waals surface area contributed by atoms with Crippen molar-refractivity contribution in [2.75, 3.05) is 19.6 Å². The number of amides is 3. The Morgan fingerprint density at radius 2 is 0.767 bits per heavy atom. The van der Waals surface area contributed by atoms with Crippen molar-refractivity contribution in [3.8, 4) is 23.0 Å². The van der Waals surface area contributed by atoms with Crippen LogP contribution < -0.4 is 34.9 Å². The summed E-state index contributed by atoms with van der Waals surface area (Å²) >= 11 is 0. The third-order valence-electron chi connectivity index (χ3n) is 9.36. The van der Waals surface area contributed by atoms with Crippen molar-refractivity contribution in [3.63, 3.8) is 0 Å². The average Bonchev–Trinajstić information content (AvgIpc) is 3.94. The highest BCUT2D eigenvalue weighted by Gasteiger charge is 2.28. The summed E-state index contributed by atoms with van der Waals surface area (Å²) in [7, 11) is 0. The van der Waals surface area contributed by atoms with Crippen molar-refractivity contribution >= 4 is 97.2 Å². The molecule has 0 radical (unpaired) electrons. The predicted molar refractivity (Wildman–Crippen MR) is 263 cm³/mol. The van der Waals surface area contributed by atoms with Crippen molar-refractivity contribution in [3.05, 3.63) is 72.2 Å². The van der Waals surface area contributed by atoms with Gasteiger partial charge in [-0.1, -0.05) is 55.5 Å². The topological polar surface area (TPSA) is 281 Å². The van der Waals surface area contributed by atoms with Gasteiger partial charge in [0.2, 0.25) is 0 Å². The Morgan fingerprint density at radius 1 is 0.452 bits per heavy atom. The first-order valence-corrected chi connectivity index (χ1v) is 22.8. The van der Waals surface area contributed by atoms with Gasteiger partial charge in [-0.25, -0.2) is 28.8 Å². The van der Waals surface area contributed by atoms with Gasteiger partial charge in [-0.05, 0) is 74.4 Å². The second-order valence-electron chi connectivity index (χ2n) is 19.0. The lowest BCUT2D eigenvalue weighted by Crippen LogP contribution is -2.36. The molecule has 0 saturated carbocycles. The Labute approximate surface area is 418 Å². The molecule has 3 amide bonds. The third kappa shape index (κ3) is 15.3. The maximum atomic E-state index is 12.7. The number of nitrogens with one attached hydrogen (secondary N) is 3. The minimum atomic E-state index is -0.839. The molecule has 3 N–H and O–H groups in total. The lowest BCUT2D eigenvalue weighted by molar-refractivity contribution is -0.134. The highest BCUT2D eigenvalue weighted by Crippen LogP contribution is 2.46. The van der Waals surface area contributed by atoms with E-state index in [9.17, 15) is 43.2 Å². The largest absolute Gasteiger partial charge is 0.449 e. The maximum absolute atomic E-state index is 12.7. The van der Waals surface area contributed by atoms with E-state index in [1.54, 1.807) is 118 Å². The first kappa shape index (κ1) is 55.4. The standard InChI is InChI=1S/C29H34N2O10.C23H23NO8/c1-8-19(32)20-13-18-23(38-21(33)14-30-26(35)40-28(2,3)4)16-11-9-10-12-17(16)24(25(18)37-20)39-22(34)15-31-27(36)41-29(5,6)7;1-12(25)17-10-16-19(29-13(2)26)14-8-6-7-9-15(14)20(21(16)30-17)31-18(27)11-24-22(28)32-23(3,4)5/h9-13H,8,14-15H2,1-7H3,(H,30,35)(H,31,36);6-10H,11H2,1-5H3,(H,24,28). The molecule has 0 fully saturated rings. The predicted octanol–water partition coefficient (Wildman–Crippen LogP) is 9.18. The molecular formula is C52H57N3O18. The molecule has 6 aromatic rings. The number of carbonyl (C=O) groups excluding carboxylic acids is 9. The Balaban J connectivity index is 0.000000279. The number of fused-ring (bicyclic) bond motifs is 4. The molecule has 0 aliphatic rings. The fraction of sp³-hybridized carbons (Fsp3) is 0.365. The molecule has 4 aromatic carbocycles. The highest BCUT2D eigenvalue weighted by atomic mass is 16.6. The van der Waals surface area contributed by atoms with E-state index in [1.165, 1.54) is 26.0 Å². The van der Waals surface area contributed by atoms with Crippen molar-refractivity contribution in [2.45, 2.75) is 106 Å². The minimum absolute atomic E-state index is 0.00730. The van der Waals surface area contributed by atoms with E-state index in [-0.39, 0.29) is 69.1 Å². The van der Waals surface area contributed by atoms with Crippen LogP contribution in [0, 0.1) is 0 Å². The van der Waals surface area contributed by atoms with Gasteiger partial charge >= 0.3 is 42.2 Å². The number of hydrogen-bond donors (Lipinski definition) is 3. The Hall–Kier alpha value is -8.49. The summed E-state index contributed by atoms with van der Waals surface area (Å²) in [6, 6.07) is 16.2. The fourth-order valence-electron chi connectivity index (χ4n) is 6.63. The van der Waals surface area contributed by atoms with Crippen LogP contribution in [0.2, 0.25) is 0 Å². The quantitative estimate of drug-likeness (QED) is 0.0420. The average molecular weight is 1010 g/mol. The second kappa shape index (κ2) is 22.7. The van der Waals surface area contributed by atoms with Crippen LogP contribution in [-0.2, 0) is 33.4 Å². The van der Waals surface area contributed by atoms with Gasteiger partial charge in [0, 0.05) is 41.8 Å². The molecule has 2 aromatic heterocycles. The molecule has 0 atom stereocenters. The molecule has 0 saturated heterocycles. The molecule has 73 heavy (non-hydrogen) atoms. The molecule has 21 heteroatoms. The summed E-state index contributed by atoms with van der Waals surface area (Å²) in [5.41, 5.74) is -2.20. The molecule has 0 bridgehead atoms. The van der Waals surface area contributed by atoms with Crippen LogP contribution in [0.3, 0.4) is 0 Å². The van der Waals surface area contributed by atoms with Gasteiger partial charge in [-0.2, -0.15) is 0 Å². The second-order valence-corrected chi connectivity index (χ2v) is 19.0. The number of carbonyl (C=O) groups is 9. The summed E-state index contributed by atoms with van der Waals surface area (Å²) in [5, 5.41) is 9.08. The van der Waals surface area contributed by atoms with Crippen LogP contribution in [0.15, 0.2) is 69.5 Å². The van der Waals surface area contributed by atoms with Gasteiger partial charge in [0.25, 0.3) is 0 Å².